The highest BCUT2D eigenvalue weighted by Gasteiger charge is 2.19. The zero-order valence-electron chi connectivity index (χ0n) is 15.5. The van der Waals surface area contributed by atoms with E-state index in [-0.39, 0.29) is 0 Å². The van der Waals surface area contributed by atoms with Crippen molar-refractivity contribution in [2.75, 3.05) is 19.6 Å². The van der Waals surface area contributed by atoms with Gasteiger partial charge in [-0.2, -0.15) is 0 Å². The van der Waals surface area contributed by atoms with Crippen LogP contribution in [0.5, 0.6) is 10.9 Å². The third-order valence-electron chi connectivity index (χ3n) is 5.06. The first-order chi connectivity index (χ1) is 13.7. The third-order valence-corrected chi connectivity index (χ3v) is 5.97. The first-order valence-corrected chi connectivity index (χ1v) is 10.3. The molecule has 0 aliphatic carbocycles. The average Bonchev–Trinajstić information content (AvgIpc) is 3.11. The average molecular weight is 398 g/mol. The molecule has 3 aromatic rings. The highest BCUT2D eigenvalue weighted by molar-refractivity contribution is 7.20. The van der Waals surface area contributed by atoms with Crippen molar-refractivity contribution in [2.24, 2.45) is 5.92 Å². The Hall–Kier alpha value is -2.64. The molecule has 1 aliphatic rings. The molecular formula is C21H23N3O3S. The largest absolute Gasteiger partial charge is 0.465 e. The summed E-state index contributed by atoms with van der Waals surface area (Å²) >= 11 is 1.55. The van der Waals surface area contributed by atoms with Crippen molar-refractivity contribution in [1.82, 2.24) is 15.2 Å². The van der Waals surface area contributed by atoms with Crippen molar-refractivity contribution in [3.63, 3.8) is 0 Å². The van der Waals surface area contributed by atoms with Crippen LogP contribution in [-0.2, 0) is 6.54 Å². The van der Waals surface area contributed by atoms with E-state index < -0.39 is 6.09 Å². The number of nitrogens with one attached hydrogen (secondary N) is 1. The number of carboxylic acid groups (broad SMARTS) is 1. The van der Waals surface area contributed by atoms with Gasteiger partial charge < -0.3 is 15.2 Å². The maximum atomic E-state index is 10.6. The van der Waals surface area contributed by atoms with Gasteiger partial charge >= 0.3 is 6.09 Å². The van der Waals surface area contributed by atoms with Gasteiger partial charge in [-0.05, 0) is 61.7 Å². The summed E-state index contributed by atoms with van der Waals surface area (Å²) in [7, 11) is 0. The first-order valence-electron chi connectivity index (χ1n) is 9.47. The number of benzene rings is 2. The molecule has 2 heterocycles. The summed E-state index contributed by atoms with van der Waals surface area (Å²) in [5.41, 5.74) is 2.21. The molecule has 28 heavy (non-hydrogen) atoms. The summed E-state index contributed by atoms with van der Waals surface area (Å²) in [6, 6.07) is 16.2. The minimum absolute atomic E-state index is 0.442. The highest BCUT2D eigenvalue weighted by atomic mass is 32.1. The molecule has 0 atom stereocenters. The topological polar surface area (TPSA) is 74.7 Å². The first kappa shape index (κ1) is 18.7. The lowest BCUT2D eigenvalue weighted by Gasteiger charge is -2.31. The molecule has 1 saturated heterocycles. The molecule has 146 valence electrons. The van der Waals surface area contributed by atoms with Crippen LogP contribution in [0.25, 0.3) is 10.2 Å². The van der Waals surface area contributed by atoms with Gasteiger partial charge in [-0.3, -0.25) is 4.90 Å². The molecule has 0 spiro atoms. The Morgan fingerprint density at radius 2 is 1.93 bits per heavy atom. The number of piperidine rings is 1. The molecule has 7 heteroatoms. The number of amides is 1. The fraction of sp³-hybridized carbons (Fsp3) is 0.333. The van der Waals surface area contributed by atoms with Crippen LogP contribution >= 0.6 is 11.3 Å². The molecule has 0 unspecified atom stereocenters. The van der Waals surface area contributed by atoms with Gasteiger partial charge in [-0.25, -0.2) is 9.78 Å². The smallest absolute Gasteiger partial charge is 0.404 e. The maximum absolute atomic E-state index is 10.6. The van der Waals surface area contributed by atoms with Gasteiger partial charge in [0.05, 0.1) is 10.2 Å². The fourth-order valence-corrected chi connectivity index (χ4v) is 4.33. The molecule has 1 aliphatic heterocycles. The van der Waals surface area contributed by atoms with Crippen molar-refractivity contribution >= 4 is 27.6 Å². The van der Waals surface area contributed by atoms with Gasteiger partial charge in [0, 0.05) is 13.1 Å². The lowest BCUT2D eigenvalue weighted by molar-refractivity contribution is 0.166. The van der Waals surface area contributed by atoms with Crippen molar-refractivity contribution in [3.8, 4) is 10.9 Å². The van der Waals surface area contributed by atoms with Crippen LogP contribution in [0.15, 0.2) is 48.5 Å². The van der Waals surface area contributed by atoms with Gasteiger partial charge in [0.15, 0.2) is 0 Å². The molecule has 6 nitrogen and oxygen atoms in total. The van der Waals surface area contributed by atoms with E-state index in [1.54, 1.807) is 11.3 Å². The molecule has 1 fully saturated rings. The second kappa shape index (κ2) is 8.58. The van der Waals surface area contributed by atoms with Crippen LogP contribution in [0, 0.1) is 5.92 Å². The number of para-hydroxylation sites is 1. The predicted octanol–water partition coefficient (Wildman–Crippen LogP) is 4.57. The normalized spacial score (nSPS) is 15.6. The fourth-order valence-electron chi connectivity index (χ4n) is 3.50. The molecule has 1 aromatic heterocycles. The second-order valence-corrected chi connectivity index (χ2v) is 8.09. The van der Waals surface area contributed by atoms with E-state index >= 15 is 0 Å². The zero-order chi connectivity index (χ0) is 19.3. The number of ether oxygens (including phenoxy) is 1. The molecule has 4 rings (SSSR count). The van der Waals surface area contributed by atoms with E-state index in [4.69, 9.17) is 9.84 Å². The van der Waals surface area contributed by atoms with Crippen molar-refractivity contribution < 1.29 is 14.6 Å². The Balaban J connectivity index is 1.28. The Bertz CT molecular complexity index is 900. The van der Waals surface area contributed by atoms with Gasteiger partial charge in [-0.15, -0.1) is 0 Å². The van der Waals surface area contributed by atoms with E-state index in [9.17, 15) is 4.79 Å². The quantitative estimate of drug-likeness (QED) is 0.637. The predicted molar refractivity (Wildman–Crippen MR) is 110 cm³/mol. The standard InChI is InChI=1S/C21H23N3O3S/c25-20(26)22-13-15-9-11-24(12-10-15)14-16-5-7-17(8-6-16)27-21-23-18-3-1-2-4-19(18)28-21/h1-8,15,22H,9-14H2,(H,25,26). The van der Waals surface area contributed by atoms with E-state index in [0.717, 1.165) is 48.4 Å². The molecule has 2 aromatic carbocycles. The Morgan fingerprint density at radius 3 is 2.64 bits per heavy atom. The van der Waals surface area contributed by atoms with Crippen molar-refractivity contribution in [2.45, 2.75) is 19.4 Å². The summed E-state index contributed by atoms with van der Waals surface area (Å²) in [6.07, 6.45) is 1.12. The molecule has 0 bridgehead atoms. The number of fused-ring (bicyclic) bond motifs is 1. The van der Waals surface area contributed by atoms with Gasteiger partial charge in [-0.1, -0.05) is 35.6 Å². The molecule has 2 N–H and O–H groups in total. The number of carbonyl (C=O) groups is 1. The number of likely N-dealkylation sites (tertiary alicyclic amines) is 1. The van der Waals surface area contributed by atoms with Crippen LogP contribution in [0.4, 0.5) is 4.79 Å². The van der Waals surface area contributed by atoms with Gasteiger partial charge in [0.25, 0.3) is 5.19 Å². The summed E-state index contributed by atoms with van der Waals surface area (Å²) in [5, 5.41) is 11.9. The third kappa shape index (κ3) is 4.79. The molecular weight excluding hydrogens is 374 g/mol. The van der Waals surface area contributed by atoms with Crippen molar-refractivity contribution in [1.29, 1.82) is 0 Å². The van der Waals surface area contributed by atoms with Gasteiger partial charge in [0.2, 0.25) is 0 Å². The lowest BCUT2D eigenvalue weighted by atomic mass is 9.96. The van der Waals surface area contributed by atoms with Crippen LogP contribution in [-0.4, -0.2) is 40.7 Å². The SMILES string of the molecule is O=C(O)NCC1CCN(Cc2ccc(Oc3nc4ccccc4s3)cc2)CC1. The van der Waals surface area contributed by atoms with E-state index in [1.807, 2.05) is 36.4 Å². The minimum Gasteiger partial charge on any atom is -0.465 e. The van der Waals surface area contributed by atoms with Crippen molar-refractivity contribution in [3.05, 3.63) is 54.1 Å². The Morgan fingerprint density at radius 1 is 1.18 bits per heavy atom. The molecule has 1 amide bonds. The number of thiazole rings is 1. The monoisotopic (exact) mass is 397 g/mol. The number of nitrogens with zero attached hydrogens (tertiary/aromatic N) is 2. The van der Waals surface area contributed by atoms with Gasteiger partial charge in [0.1, 0.15) is 5.75 Å². The van der Waals surface area contributed by atoms with Crippen LogP contribution in [0.3, 0.4) is 0 Å². The number of hydrogen-bond donors (Lipinski definition) is 2. The Kier molecular flexibility index (Phi) is 5.73. The minimum atomic E-state index is -0.935. The number of rotatable bonds is 6. The van der Waals surface area contributed by atoms with E-state index in [0.29, 0.717) is 17.7 Å². The summed E-state index contributed by atoms with van der Waals surface area (Å²) < 4.78 is 7.03. The number of hydrogen-bond acceptors (Lipinski definition) is 5. The lowest BCUT2D eigenvalue weighted by Crippen LogP contribution is -2.37. The molecule has 0 saturated carbocycles. The maximum Gasteiger partial charge on any atom is 0.404 e. The summed E-state index contributed by atoms with van der Waals surface area (Å²) in [4.78, 5) is 17.5. The van der Waals surface area contributed by atoms with E-state index in [1.165, 1.54) is 5.56 Å². The summed E-state index contributed by atoms with van der Waals surface area (Å²) in [6.45, 7) is 3.45. The van der Waals surface area contributed by atoms with Crippen LogP contribution < -0.4 is 10.1 Å². The molecule has 0 radical (unpaired) electrons. The summed E-state index contributed by atoms with van der Waals surface area (Å²) in [5.74, 6) is 1.23. The zero-order valence-corrected chi connectivity index (χ0v) is 16.3. The van der Waals surface area contributed by atoms with Crippen LogP contribution in [0.2, 0.25) is 0 Å². The van der Waals surface area contributed by atoms with Crippen LogP contribution in [0.1, 0.15) is 18.4 Å². The Labute approximate surface area is 167 Å². The second-order valence-electron chi connectivity index (χ2n) is 7.10. The van der Waals surface area contributed by atoms with E-state index in [2.05, 4.69) is 27.3 Å². The number of aromatic nitrogens is 1. The highest BCUT2D eigenvalue weighted by Crippen LogP contribution is 2.31.